The number of carbonyl (C=O) groups is 2. The minimum Gasteiger partial charge on any atom is -0.475 e. The van der Waals surface area contributed by atoms with E-state index in [9.17, 15) is 31.1 Å². The molecule has 3 rings (SSSR count). The molecule has 7 nitrogen and oxygen atoms in total. The molecule has 1 amide bonds. The van der Waals surface area contributed by atoms with Gasteiger partial charge in [-0.2, -0.15) is 26.3 Å². The first-order chi connectivity index (χ1) is 13.3. The minimum atomic E-state index is -5.08. The summed E-state index contributed by atoms with van der Waals surface area (Å²) in [5, 5.41) is 10.5. The number of aromatic nitrogens is 2. The maximum atomic E-state index is 13.1. The van der Waals surface area contributed by atoms with Crippen LogP contribution >= 0.6 is 0 Å². The SMILES string of the molecule is Cn1ccc2cc(C(=O)N3CCNCC3C(F)(F)F)cnc21.O=C(O)C(F)(F)F. The highest BCUT2D eigenvalue weighted by molar-refractivity contribution is 5.97. The molecule has 3 heterocycles. The van der Waals surface area contributed by atoms with Gasteiger partial charge in [0.1, 0.15) is 11.7 Å². The molecule has 0 radical (unpaired) electrons. The van der Waals surface area contributed by atoms with Crippen molar-refractivity contribution >= 4 is 22.9 Å². The lowest BCUT2D eigenvalue weighted by Crippen LogP contribution is -2.59. The number of aliphatic carboxylic acids is 1. The van der Waals surface area contributed by atoms with Crippen molar-refractivity contribution in [3.63, 3.8) is 0 Å². The molecule has 0 aliphatic carbocycles. The average molecular weight is 426 g/mol. The quantitative estimate of drug-likeness (QED) is 0.683. The zero-order chi connectivity index (χ0) is 22.0. The van der Waals surface area contributed by atoms with E-state index in [1.165, 1.54) is 6.20 Å². The van der Waals surface area contributed by atoms with E-state index >= 15 is 0 Å². The first kappa shape index (κ1) is 22.5. The lowest BCUT2D eigenvalue weighted by molar-refractivity contribution is -0.192. The average Bonchev–Trinajstić information content (AvgIpc) is 3.00. The number of rotatable bonds is 1. The summed E-state index contributed by atoms with van der Waals surface area (Å²) in [5.74, 6) is -3.39. The van der Waals surface area contributed by atoms with E-state index < -0.39 is 30.3 Å². The number of pyridine rings is 1. The smallest absolute Gasteiger partial charge is 0.475 e. The van der Waals surface area contributed by atoms with E-state index in [2.05, 4.69) is 10.3 Å². The molecule has 160 valence electrons. The predicted molar refractivity (Wildman–Crippen MR) is 88.2 cm³/mol. The number of alkyl halides is 6. The second-order valence-electron chi connectivity index (χ2n) is 6.13. The monoisotopic (exact) mass is 426 g/mol. The molecule has 0 bridgehead atoms. The number of carboxylic acids is 1. The van der Waals surface area contributed by atoms with E-state index in [1.807, 2.05) is 7.05 Å². The zero-order valence-corrected chi connectivity index (χ0v) is 14.9. The summed E-state index contributed by atoms with van der Waals surface area (Å²) in [6.45, 7) is 0.0887. The summed E-state index contributed by atoms with van der Waals surface area (Å²) >= 11 is 0. The van der Waals surface area contributed by atoms with Crippen LogP contribution in [0.2, 0.25) is 0 Å². The molecular weight excluding hydrogens is 410 g/mol. The topological polar surface area (TPSA) is 87.5 Å². The van der Waals surface area contributed by atoms with Gasteiger partial charge in [0.05, 0.1) is 5.56 Å². The Labute approximate surface area is 159 Å². The highest BCUT2D eigenvalue weighted by Gasteiger charge is 2.46. The summed E-state index contributed by atoms with van der Waals surface area (Å²) in [7, 11) is 1.81. The third kappa shape index (κ3) is 5.37. The number of hydrogen-bond donors (Lipinski definition) is 2. The van der Waals surface area contributed by atoms with Crippen molar-refractivity contribution in [1.82, 2.24) is 19.8 Å². The number of piperazine rings is 1. The normalized spacial score (nSPS) is 17.6. The van der Waals surface area contributed by atoms with Crippen LogP contribution in [0, 0.1) is 0 Å². The summed E-state index contributed by atoms with van der Waals surface area (Å²) in [6, 6.07) is 1.55. The highest BCUT2D eigenvalue weighted by atomic mass is 19.4. The van der Waals surface area contributed by atoms with Gasteiger partial charge in [0.25, 0.3) is 5.91 Å². The number of carbonyl (C=O) groups excluding carboxylic acids is 1. The standard InChI is InChI=1S/C14H15F3N4O.C2HF3O2/c1-20-4-2-9-6-10(7-19-12(9)20)13(22)21-5-3-18-8-11(21)14(15,16)17;3-2(4,5)1(6)7/h2,4,6-7,11,18H,3,5,8H2,1H3;(H,6,7). The fraction of sp³-hybridized carbons (Fsp3) is 0.438. The van der Waals surface area contributed by atoms with E-state index in [0.717, 1.165) is 10.3 Å². The molecule has 0 spiro atoms. The summed E-state index contributed by atoms with van der Waals surface area (Å²) < 4.78 is 72.7. The number of nitrogens with zero attached hydrogens (tertiary/aromatic N) is 3. The van der Waals surface area contributed by atoms with Crippen molar-refractivity contribution in [3.05, 3.63) is 30.1 Å². The van der Waals surface area contributed by atoms with Crippen molar-refractivity contribution in [3.8, 4) is 0 Å². The van der Waals surface area contributed by atoms with Gasteiger partial charge in [-0.1, -0.05) is 0 Å². The Morgan fingerprint density at radius 3 is 2.41 bits per heavy atom. The summed E-state index contributed by atoms with van der Waals surface area (Å²) in [6.07, 6.45) is -6.41. The second kappa shape index (κ2) is 8.27. The van der Waals surface area contributed by atoms with Gasteiger partial charge in [-0.15, -0.1) is 0 Å². The molecule has 0 saturated carbocycles. The minimum absolute atomic E-state index is 0.0236. The van der Waals surface area contributed by atoms with Crippen molar-refractivity contribution in [1.29, 1.82) is 0 Å². The van der Waals surface area contributed by atoms with Gasteiger partial charge in [-0.3, -0.25) is 4.79 Å². The largest absolute Gasteiger partial charge is 0.490 e. The molecule has 1 unspecified atom stereocenters. The first-order valence-corrected chi connectivity index (χ1v) is 8.12. The summed E-state index contributed by atoms with van der Waals surface area (Å²) in [5.41, 5.74) is 0.860. The third-order valence-corrected chi connectivity index (χ3v) is 4.08. The van der Waals surface area contributed by atoms with E-state index in [4.69, 9.17) is 9.90 Å². The van der Waals surface area contributed by atoms with E-state index in [0.29, 0.717) is 12.2 Å². The molecule has 1 atom stereocenters. The lowest BCUT2D eigenvalue weighted by Gasteiger charge is -2.37. The second-order valence-corrected chi connectivity index (χ2v) is 6.13. The molecule has 1 saturated heterocycles. The molecule has 0 aromatic carbocycles. The zero-order valence-electron chi connectivity index (χ0n) is 14.9. The first-order valence-electron chi connectivity index (χ1n) is 8.12. The molecular formula is C16H16F6N4O3. The molecule has 29 heavy (non-hydrogen) atoms. The number of amides is 1. The van der Waals surface area contributed by atoms with Gasteiger partial charge in [-0.05, 0) is 12.1 Å². The Morgan fingerprint density at radius 2 is 1.86 bits per heavy atom. The highest BCUT2D eigenvalue weighted by Crippen LogP contribution is 2.27. The molecule has 13 heteroatoms. The van der Waals surface area contributed by atoms with Crippen LogP contribution in [0.15, 0.2) is 24.5 Å². The number of carboxylic acid groups (broad SMARTS) is 1. The van der Waals surface area contributed by atoms with E-state index in [-0.39, 0.29) is 18.7 Å². The van der Waals surface area contributed by atoms with Crippen molar-refractivity contribution in [2.24, 2.45) is 7.05 Å². The van der Waals surface area contributed by atoms with Crippen LogP contribution < -0.4 is 5.32 Å². The molecule has 2 aromatic rings. The number of nitrogens with one attached hydrogen (secondary N) is 1. The maximum Gasteiger partial charge on any atom is 0.490 e. The predicted octanol–water partition coefficient (Wildman–Crippen LogP) is 2.18. The van der Waals surface area contributed by atoms with Gasteiger partial charge in [0.15, 0.2) is 0 Å². The van der Waals surface area contributed by atoms with Gasteiger partial charge < -0.3 is 19.9 Å². The van der Waals surface area contributed by atoms with Crippen LogP contribution in [-0.4, -0.2) is 69.5 Å². The maximum absolute atomic E-state index is 13.1. The fourth-order valence-corrected chi connectivity index (χ4v) is 2.68. The van der Waals surface area contributed by atoms with Crippen LogP contribution in [0.1, 0.15) is 10.4 Å². The lowest BCUT2D eigenvalue weighted by atomic mass is 10.1. The van der Waals surface area contributed by atoms with Crippen LogP contribution in [0.5, 0.6) is 0 Å². The number of halogens is 6. The van der Waals surface area contributed by atoms with Crippen LogP contribution in [0.4, 0.5) is 26.3 Å². The van der Waals surface area contributed by atoms with Gasteiger partial charge in [0, 0.05) is 44.5 Å². The Balaban J connectivity index is 0.000000370. The van der Waals surface area contributed by atoms with Crippen LogP contribution in [0.25, 0.3) is 11.0 Å². The molecule has 1 fully saturated rings. The summed E-state index contributed by atoms with van der Waals surface area (Å²) in [4.78, 5) is 26.4. The van der Waals surface area contributed by atoms with Crippen molar-refractivity contribution in [2.75, 3.05) is 19.6 Å². The number of hydrogen-bond acceptors (Lipinski definition) is 4. The van der Waals surface area contributed by atoms with Crippen molar-refractivity contribution < 1.29 is 41.0 Å². The molecule has 2 aromatic heterocycles. The van der Waals surface area contributed by atoms with Crippen LogP contribution in [0.3, 0.4) is 0 Å². The Morgan fingerprint density at radius 1 is 1.24 bits per heavy atom. The van der Waals surface area contributed by atoms with Crippen molar-refractivity contribution in [2.45, 2.75) is 18.4 Å². The third-order valence-electron chi connectivity index (χ3n) is 4.08. The Bertz CT molecular complexity index is 893. The molecule has 1 aliphatic heterocycles. The fourth-order valence-electron chi connectivity index (χ4n) is 2.68. The number of fused-ring (bicyclic) bond motifs is 1. The van der Waals surface area contributed by atoms with Gasteiger partial charge in [-0.25, -0.2) is 9.78 Å². The Hall–Kier alpha value is -2.83. The molecule has 1 aliphatic rings. The molecule has 2 N–H and O–H groups in total. The van der Waals surface area contributed by atoms with Crippen LogP contribution in [-0.2, 0) is 11.8 Å². The number of aryl methyl sites for hydroxylation is 1. The van der Waals surface area contributed by atoms with Gasteiger partial charge >= 0.3 is 18.3 Å². The van der Waals surface area contributed by atoms with Gasteiger partial charge in [0.2, 0.25) is 0 Å². The van der Waals surface area contributed by atoms with E-state index in [1.54, 1.807) is 22.9 Å². The Kier molecular flexibility index (Phi) is 6.40.